The minimum absolute atomic E-state index is 0.0441. The van der Waals surface area contributed by atoms with Gasteiger partial charge in [-0.3, -0.25) is 0 Å². The van der Waals surface area contributed by atoms with Crippen molar-refractivity contribution in [1.29, 1.82) is 0 Å². The highest BCUT2D eigenvalue weighted by atomic mass is 79.9. The molecule has 0 aliphatic rings. The average Bonchev–Trinajstić information content (AvgIpc) is 2.13. The molecule has 0 aromatic rings. The third-order valence-corrected chi connectivity index (χ3v) is 2.93. The van der Waals surface area contributed by atoms with Gasteiger partial charge in [0.15, 0.2) is 0 Å². The van der Waals surface area contributed by atoms with Crippen molar-refractivity contribution in [3.05, 3.63) is 11.1 Å². The van der Waals surface area contributed by atoms with Crippen molar-refractivity contribution in [1.82, 2.24) is 5.32 Å². The molecule has 2 nitrogen and oxygen atoms in total. The number of rotatable bonds is 7. The second-order valence-electron chi connectivity index (χ2n) is 3.49. The lowest BCUT2D eigenvalue weighted by molar-refractivity contribution is 0.114. The van der Waals surface area contributed by atoms with E-state index < -0.39 is 0 Å². The van der Waals surface area contributed by atoms with Gasteiger partial charge in [-0.25, -0.2) is 0 Å². The van der Waals surface area contributed by atoms with E-state index in [1.807, 2.05) is 0 Å². The molecule has 0 aliphatic heterocycles. The van der Waals surface area contributed by atoms with Gasteiger partial charge in [0, 0.05) is 29.6 Å². The Hall–Kier alpha value is 0.140. The van der Waals surface area contributed by atoms with Crippen molar-refractivity contribution < 1.29 is 5.11 Å². The topological polar surface area (TPSA) is 32.3 Å². The zero-order valence-electron chi connectivity index (χ0n) is 8.57. The van der Waals surface area contributed by atoms with Crippen LogP contribution >= 0.6 is 15.9 Å². The van der Waals surface area contributed by atoms with Crippen LogP contribution in [0.4, 0.5) is 0 Å². The van der Waals surface area contributed by atoms with Crippen LogP contribution in [0.5, 0.6) is 0 Å². The van der Waals surface area contributed by atoms with Crippen molar-refractivity contribution in [3.63, 3.8) is 0 Å². The lowest BCUT2D eigenvalue weighted by Crippen LogP contribution is -2.36. The fourth-order valence-corrected chi connectivity index (χ4v) is 1.44. The normalized spacial score (nSPS) is 11.7. The average molecular weight is 250 g/mol. The van der Waals surface area contributed by atoms with Crippen LogP contribution in [0.2, 0.25) is 0 Å². The van der Waals surface area contributed by atoms with Gasteiger partial charge in [-0.05, 0) is 12.8 Å². The SMILES string of the molecule is C=C(Br)CNCC(CC)(CC)CO. The van der Waals surface area contributed by atoms with Gasteiger partial charge in [0.1, 0.15) is 0 Å². The summed E-state index contributed by atoms with van der Waals surface area (Å²) in [5.74, 6) is 0. The molecular weight excluding hydrogens is 230 g/mol. The molecule has 0 aromatic carbocycles. The molecule has 78 valence electrons. The van der Waals surface area contributed by atoms with Gasteiger partial charge in [-0.15, -0.1) is 0 Å². The van der Waals surface area contributed by atoms with Gasteiger partial charge in [0.25, 0.3) is 0 Å². The first-order valence-electron chi connectivity index (χ1n) is 4.75. The van der Waals surface area contributed by atoms with Crippen molar-refractivity contribution in [2.75, 3.05) is 19.7 Å². The summed E-state index contributed by atoms with van der Waals surface area (Å²) in [5, 5.41) is 12.5. The number of hydrogen-bond donors (Lipinski definition) is 2. The highest BCUT2D eigenvalue weighted by Gasteiger charge is 2.24. The number of hydrogen-bond acceptors (Lipinski definition) is 2. The van der Waals surface area contributed by atoms with E-state index in [0.29, 0.717) is 0 Å². The molecule has 0 aliphatic carbocycles. The molecule has 0 fully saturated rings. The van der Waals surface area contributed by atoms with Gasteiger partial charge in [0.05, 0.1) is 0 Å². The first-order valence-corrected chi connectivity index (χ1v) is 5.54. The molecule has 13 heavy (non-hydrogen) atoms. The van der Waals surface area contributed by atoms with Crippen LogP contribution in [0.25, 0.3) is 0 Å². The predicted molar refractivity (Wildman–Crippen MR) is 61.0 cm³/mol. The van der Waals surface area contributed by atoms with Crippen molar-refractivity contribution in [2.45, 2.75) is 26.7 Å². The number of halogens is 1. The van der Waals surface area contributed by atoms with E-state index in [-0.39, 0.29) is 12.0 Å². The molecule has 3 heteroatoms. The predicted octanol–water partition coefficient (Wildman–Crippen LogP) is 2.28. The van der Waals surface area contributed by atoms with Crippen LogP contribution in [0, 0.1) is 5.41 Å². The Morgan fingerprint density at radius 1 is 1.46 bits per heavy atom. The maximum absolute atomic E-state index is 9.27. The Morgan fingerprint density at radius 2 is 2.00 bits per heavy atom. The van der Waals surface area contributed by atoms with Crippen LogP contribution in [0.1, 0.15) is 26.7 Å². The quantitative estimate of drug-likeness (QED) is 0.726. The molecule has 0 atom stereocenters. The van der Waals surface area contributed by atoms with E-state index in [2.05, 4.69) is 41.7 Å². The molecule has 0 aromatic heterocycles. The first-order chi connectivity index (χ1) is 6.10. The van der Waals surface area contributed by atoms with E-state index in [1.54, 1.807) is 0 Å². The van der Waals surface area contributed by atoms with Crippen LogP contribution in [-0.4, -0.2) is 24.8 Å². The van der Waals surface area contributed by atoms with E-state index in [0.717, 1.165) is 30.4 Å². The van der Waals surface area contributed by atoms with Crippen LogP contribution < -0.4 is 5.32 Å². The minimum atomic E-state index is 0.0441. The van der Waals surface area contributed by atoms with Gasteiger partial charge < -0.3 is 10.4 Å². The summed E-state index contributed by atoms with van der Waals surface area (Å²) in [4.78, 5) is 0. The van der Waals surface area contributed by atoms with Crippen molar-refractivity contribution >= 4 is 15.9 Å². The zero-order valence-corrected chi connectivity index (χ0v) is 10.2. The Balaban J connectivity index is 3.88. The summed E-state index contributed by atoms with van der Waals surface area (Å²) in [6, 6.07) is 0. The monoisotopic (exact) mass is 249 g/mol. The number of aliphatic hydroxyl groups is 1. The smallest absolute Gasteiger partial charge is 0.0499 e. The van der Waals surface area contributed by atoms with Crippen LogP contribution in [0.15, 0.2) is 11.1 Å². The minimum Gasteiger partial charge on any atom is -0.396 e. The largest absolute Gasteiger partial charge is 0.396 e. The number of aliphatic hydroxyl groups excluding tert-OH is 1. The maximum Gasteiger partial charge on any atom is 0.0499 e. The van der Waals surface area contributed by atoms with Crippen molar-refractivity contribution in [2.24, 2.45) is 5.41 Å². The van der Waals surface area contributed by atoms with E-state index in [4.69, 9.17) is 0 Å². The van der Waals surface area contributed by atoms with E-state index in [1.165, 1.54) is 0 Å². The molecule has 0 saturated heterocycles. The summed E-state index contributed by atoms with van der Waals surface area (Å²) in [6.45, 7) is 9.84. The van der Waals surface area contributed by atoms with Crippen molar-refractivity contribution in [3.8, 4) is 0 Å². The lowest BCUT2D eigenvalue weighted by atomic mass is 9.83. The fourth-order valence-electron chi connectivity index (χ4n) is 1.24. The summed E-state index contributed by atoms with van der Waals surface area (Å²) in [5.41, 5.74) is 0.0441. The molecule has 0 spiro atoms. The zero-order chi connectivity index (χ0) is 10.3. The van der Waals surface area contributed by atoms with E-state index >= 15 is 0 Å². The highest BCUT2D eigenvalue weighted by molar-refractivity contribution is 9.11. The number of nitrogens with one attached hydrogen (secondary N) is 1. The van der Waals surface area contributed by atoms with E-state index in [9.17, 15) is 5.11 Å². The first kappa shape index (κ1) is 13.1. The fraction of sp³-hybridized carbons (Fsp3) is 0.800. The molecule has 0 heterocycles. The Kier molecular flexibility index (Phi) is 6.64. The lowest BCUT2D eigenvalue weighted by Gasteiger charge is -2.29. The highest BCUT2D eigenvalue weighted by Crippen LogP contribution is 2.24. The molecule has 0 bridgehead atoms. The standard InChI is InChI=1S/C10H20BrNO/c1-4-10(5-2,8-13)7-12-6-9(3)11/h12-13H,3-8H2,1-2H3. The molecule has 0 saturated carbocycles. The molecule has 2 N–H and O–H groups in total. The van der Waals surface area contributed by atoms with Gasteiger partial charge in [-0.2, -0.15) is 0 Å². The Bertz CT molecular complexity index is 147. The van der Waals surface area contributed by atoms with Gasteiger partial charge in [-0.1, -0.05) is 36.4 Å². The van der Waals surface area contributed by atoms with Gasteiger partial charge >= 0.3 is 0 Å². The summed E-state index contributed by atoms with van der Waals surface area (Å²) < 4.78 is 0.951. The molecule has 0 amide bonds. The molecular formula is C10H20BrNO. The maximum atomic E-state index is 9.27. The Morgan fingerprint density at radius 3 is 2.31 bits per heavy atom. The summed E-state index contributed by atoms with van der Waals surface area (Å²) in [6.07, 6.45) is 2.00. The van der Waals surface area contributed by atoms with Crippen LogP contribution in [0.3, 0.4) is 0 Å². The Labute approximate surface area is 89.5 Å². The third kappa shape index (κ3) is 4.79. The second kappa shape index (κ2) is 6.57. The molecule has 0 radical (unpaired) electrons. The third-order valence-electron chi connectivity index (χ3n) is 2.65. The molecule has 0 rings (SSSR count). The van der Waals surface area contributed by atoms with Gasteiger partial charge in [0.2, 0.25) is 0 Å². The molecule has 0 unspecified atom stereocenters. The van der Waals surface area contributed by atoms with Crippen LogP contribution in [-0.2, 0) is 0 Å². The second-order valence-corrected chi connectivity index (χ2v) is 4.61. The summed E-state index contributed by atoms with van der Waals surface area (Å²) >= 11 is 3.29. The summed E-state index contributed by atoms with van der Waals surface area (Å²) in [7, 11) is 0.